The number of halogens is 1. The largest absolute Gasteiger partial charge is 0.348 e. The number of nitrogens with one attached hydrogen (secondary N) is 3. The molecule has 1 saturated heterocycles. The van der Waals surface area contributed by atoms with Gasteiger partial charge in [0.1, 0.15) is 5.82 Å². The van der Waals surface area contributed by atoms with E-state index in [2.05, 4.69) is 22.3 Å². The molecule has 1 amide bonds. The Balaban J connectivity index is 1.78. The van der Waals surface area contributed by atoms with Crippen molar-refractivity contribution in [2.75, 3.05) is 17.8 Å². The predicted octanol–water partition coefficient (Wildman–Crippen LogP) is 2.35. The number of amides is 1. The zero-order valence-electron chi connectivity index (χ0n) is 14.9. The lowest BCUT2D eigenvalue weighted by Crippen LogP contribution is -2.50. The van der Waals surface area contributed by atoms with Crippen LogP contribution in [0, 0.1) is 11.7 Å². The van der Waals surface area contributed by atoms with Crippen LogP contribution in [0.3, 0.4) is 0 Å². The molecule has 0 bridgehead atoms. The lowest BCUT2D eigenvalue weighted by atomic mass is 9.94. The third-order valence-corrected chi connectivity index (χ3v) is 6.03. The summed E-state index contributed by atoms with van der Waals surface area (Å²) in [6.07, 6.45) is 0.964. The molecule has 0 aliphatic carbocycles. The molecule has 2 aromatic rings. The van der Waals surface area contributed by atoms with Crippen molar-refractivity contribution in [1.82, 2.24) is 10.6 Å². The molecular weight excluding hydrogens is 369 g/mol. The zero-order valence-corrected chi connectivity index (χ0v) is 15.7. The lowest BCUT2D eigenvalue weighted by molar-refractivity contribution is 0.0915. The molecule has 27 heavy (non-hydrogen) atoms. The number of piperidine rings is 1. The number of carbonyl (C=O) groups excluding carboxylic acids is 1. The van der Waals surface area contributed by atoms with E-state index >= 15 is 0 Å². The Labute approximate surface area is 158 Å². The summed E-state index contributed by atoms with van der Waals surface area (Å²) in [4.78, 5) is 12.4. The van der Waals surface area contributed by atoms with E-state index in [-0.39, 0.29) is 28.1 Å². The van der Waals surface area contributed by atoms with Crippen molar-refractivity contribution in [3.63, 3.8) is 0 Å². The molecular formula is C19H22FN3O3S. The third kappa shape index (κ3) is 4.64. The number of hydrogen-bond donors (Lipinski definition) is 3. The predicted molar refractivity (Wildman–Crippen MR) is 102 cm³/mol. The second kappa shape index (κ2) is 8.06. The van der Waals surface area contributed by atoms with E-state index in [1.54, 1.807) is 6.07 Å². The van der Waals surface area contributed by atoms with Crippen LogP contribution in [0.1, 0.15) is 23.7 Å². The van der Waals surface area contributed by atoms with Crippen LogP contribution in [-0.4, -0.2) is 33.5 Å². The molecule has 0 aromatic heterocycles. The highest BCUT2D eigenvalue weighted by atomic mass is 32.2. The molecule has 1 aliphatic rings. The van der Waals surface area contributed by atoms with E-state index in [1.807, 2.05) is 0 Å². The van der Waals surface area contributed by atoms with Gasteiger partial charge in [-0.25, -0.2) is 12.8 Å². The fourth-order valence-corrected chi connectivity index (χ4v) is 4.10. The van der Waals surface area contributed by atoms with Gasteiger partial charge in [0, 0.05) is 18.2 Å². The number of anilines is 1. The molecule has 1 heterocycles. The van der Waals surface area contributed by atoms with Gasteiger partial charge in [-0.3, -0.25) is 9.52 Å². The Kier molecular flexibility index (Phi) is 5.76. The Morgan fingerprint density at radius 1 is 1.19 bits per heavy atom. The van der Waals surface area contributed by atoms with Crippen LogP contribution in [0.4, 0.5) is 10.1 Å². The SMILES string of the molecule is CC1CCNCC1NC(=O)c1cccc(S(=O)(=O)Nc2ccccc2F)c1. The first-order valence-corrected chi connectivity index (χ1v) is 10.2. The van der Waals surface area contributed by atoms with Crippen LogP contribution in [-0.2, 0) is 10.0 Å². The fraction of sp³-hybridized carbons (Fsp3) is 0.316. The first-order valence-electron chi connectivity index (χ1n) is 8.76. The average molecular weight is 391 g/mol. The van der Waals surface area contributed by atoms with Crippen molar-refractivity contribution in [1.29, 1.82) is 0 Å². The van der Waals surface area contributed by atoms with E-state index in [4.69, 9.17) is 0 Å². The first-order chi connectivity index (χ1) is 12.9. The lowest BCUT2D eigenvalue weighted by Gasteiger charge is -2.30. The molecule has 1 aliphatic heterocycles. The summed E-state index contributed by atoms with van der Waals surface area (Å²) in [5.41, 5.74) is 0.0960. The minimum absolute atomic E-state index is 0.0111. The van der Waals surface area contributed by atoms with E-state index in [0.29, 0.717) is 12.5 Å². The van der Waals surface area contributed by atoms with E-state index < -0.39 is 15.8 Å². The van der Waals surface area contributed by atoms with E-state index in [9.17, 15) is 17.6 Å². The Hall–Kier alpha value is -2.45. The Morgan fingerprint density at radius 3 is 2.70 bits per heavy atom. The fourth-order valence-electron chi connectivity index (χ4n) is 2.99. The summed E-state index contributed by atoms with van der Waals surface area (Å²) < 4.78 is 41.1. The maximum atomic E-state index is 13.7. The van der Waals surface area contributed by atoms with Crippen molar-refractivity contribution in [3.8, 4) is 0 Å². The van der Waals surface area contributed by atoms with Gasteiger partial charge in [-0.15, -0.1) is 0 Å². The van der Waals surface area contributed by atoms with Crippen molar-refractivity contribution < 1.29 is 17.6 Å². The van der Waals surface area contributed by atoms with Crippen LogP contribution < -0.4 is 15.4 Å². The van der Waals surface area contributed by atoms with Gasteiger partial charge in [0.2, 0.25) is 0 Å². The second-order valence-corrected chi connectivity index (χ2v) is 8.35. The van der Waals surface area contributed by atoms with Gasteiger partial charge in [-0.2, -0.15) is 0 Å². The number of rotatable bonds is 5. The van der Waals surface area contributed by atoms with Crippen molar-refractivity contribution >= 4 is 21.6 Å². The molecule has 3 rings (SSSR count). The summed E-state index contributed by atoms with van der Waals surface area (Å²) in [7, 11) is -4.02. The summed E-state index contributed by atoms with van der Waals surface area (Å²) in [6, 6.07) is 11.2. The number of hydrogen-bond acceptors (Lipinski definition) is 4. The maximum Gasteiger partial charge on any atom is 0.262 e. The van der Waals surface area contributed by atoms with Crippen LogP contribution in [0.15, 0.2) is 53.4 Å². The smallest absolute Gasteiger partial charge is 0.262 e. The molecule has 0 radical (unpaired) electrons. The molecule has 2 aromatic carbocycles. The highest BCUT2D eigenvalue weighted by Crippen LogP contribution is 2.20. The Bertz CT molecular complexity index is 933. The summed E-state index contributed by atoms with van der Waals surface area (Å²) >= 11 is 0. The number of sulfonamides is 1. The van der Waals surface area contributed by atoms with Gasteiger partial charge >= 0.3 is 0 Å². The van der Waals surface area contributed by atoms with Crippen molar-refractivity contribution in [2.45, 2.75) is 24.3 Å². The molecule has 3 N–H and O–H groups in total. The van der Waals surface area contributed by atoms with E-state index in [0.717, 1.165) is 13.0 Å². The normalized spacial score (nSPS) is 20.1. The maximum absolute atomic E-state index is 13.7. The molecule has 6 nitrogen and oxygen atoms in total. The minimum atomic E-state index is -4.02. The highest BCUT2D eigenvalue weighted by Gasteiger charge is 2.24. The minimum Gasteiger partial charge on any atom is -0.348 e. The Morgan fingerprint density at radius 2 is 1.96 bits per heavy atom. The molecule has 1 fully saturated rings. The zero-order chi connectivity index (χ0) is 19.4. The molecule has 8 heteroatoms. The summed E-state index contributed by atoms with van der Waals surface area (Å²) in [6.45, 7) is 3.67. The highest BCUT2D eigenvalue weighted by molar-refractivity contribution is 7.92. The third-order valence-electron chi connectivity index (χ3n) is 4.67. The molecule has 2 atom stereocenters. The summed E-state index contributed by atoms with van der Waals surface area (Å²) in [5, 5.41) is 6.18. The van der Waals surface area contributed by atoms with E-state index in [1.165, 1.54) is 42.5 Å². The van der Waals surface area contributed by atoms with Crippen LogP contribution in [0.2, 0.25) is 0 Å². The van der Waals surface area contributed by atoms with Crippen molar-refractivity contribution in [3.05, 3.63) is 59.9 Å². The molecule has 0 spiro atoms. The second-order valence-electron chi connectivity index (χ2n) is 6.66. The molecule has 0 saturated carbocycles. The average Bonchev–Trinajstić information content (AvgIpc) is 2.65. The first kappa shape index (κ1) is 19.3. The van der Waals surface area contributed by atoms with Crippen molar-refractivity contribution in [2.24, 2.45) is 5.92 Å². The number of para-hydroxylation sites is 1. The molecule has 2 unspecified atom stereocenters. The number of benzene rings is 2. The monoisotopic (exact) mass is 391 g/mol. The van der Waals surface area contributed by atoms with Crippen LogP contribution >= 0.6 is 0 Å². The van der Waals surface area contributed by atoms with Gasteiger partial charge in [0.25, 0.3) is 15.9 Å². The summed E-state index contributed by atoms with van der Waals surface area (Å²) in [5.74, 6) is -0.669. The van der Waals surface area contributed by atoms with Crippen LogP contribution in [0.5, 0.6) is 0 Å². The van der Waals surface area contributed by atoms with Gasteiger partial charge in [0.15, 0.2) is 0 Å². The number of carbonyl (C=O) groups is 1. The van der Waals surface area contributed by atoms with Gasteiger partial charge in [-0.1, -0.05) is 25.1 Å². The van der Waals surface area contributed by atoms with Crippen LogP contribution in [0.25, 0.3) is 0 Å². The quantitative estimate of drug-likeness (QED) is 0.730. The van der Waals surface area contributed by atoms with Gasteiger partial charge in [0.05, 0.1) is 10.6 Å². The van der Waals surface area contributed by atoms with Gasteiger partial charge in [-0.05, 0) is 49.2 Å². The standard InChI is InChI=1S/C19H22FN3O3S/c1-13-9-10-21-12-18(13)22-19(24)14-5-4-6-15(11-14)27(25,26)23-17-8-3-2-7-16(17)20/h2-8,11,13,18,21,23H,9-10,12H2,1H3,(H,22,24). The topological polar surface area (TPSA) is 87.3 Å². The molecule has 144 valence electrons. The van der Waals surface area contributed by atoms with Gasteiger partial charge < -0.3 is 10.6 Å².